The number of allylic oxidation sites excluding steroid dienone is 2. The lowest BCUT2D eigenvalue weighted by Crippen LogP contribution is -2.03. The van der Waals surface area contributed by atoms with Crippen LogP contribution < -0.4 is 0 Å². The van der Waals surface area contributed by atoms with Gasteiger partial charge in [0.1, 0.15) is 5.78 Å². The lowest BCUT2D eigenvalue weighted by molar-refractivity contribution is -0.120. The van der Waals surface area contributed by atoms with Crippen LogP contribution in [0.15, 0.2) is 12.2 Å². The summed E-state index contributed by atoms with van der Waals surface area (Å²) in [5, 5.41) is 0. The summed E-state index contributed by atoms with van der Waals surface area (Å²) in [5.74, 6) is 0.845. The van der Waals surface area contributed by atoms with E-state index in [-0.39, 0.29) is 0 Å². The maximum atomic E-state index is 11.3. The molecule has 0 bridgehead atoms. The Balaban J connectivity index is 2.10. The van der Waals surface area contributed by atoms with Crippen molar-refractivity contribution in [3.63, 3.8) is 0 Å². The van der Waals surface area contributed by atoms with Crippen molar-refractivity contribution in [2.24, 2.45) is 5.92 Å². The molecule has 1 rings (SSSR count). The maximum Gasteiger partial charge on any atom is 0.136 e. The molecule has 1 atom stereocenters. The van der Waals surface area contributed by atoms with E-state index in [1.807, 2.05) is 0 Å². The lowest BCUT2D eigenvalue weighted by Gasteiger charge is -2.01. The first-order chi connectivity index (χ1) is 6.34. The fourth-order valence-electron chi connectivity index (χ4n) is 1.84. The van der Waals surface area contributed by atoms with E-state index in [0.717, 1.165) is 25.7 Å². The maximum absolute atomic E-state index is 11.3. The summed E-state index contributed by atoms with van der Waals surface area (Å²) in [5.41, 5.74) is 0. The number of hydrogen-bond acceptors (Lipinski definition) is 1. The van der Waals surface area contributed by atoms with Crippen molar-refractivity contribution in [2.75, 3.05) is 0 Å². The van der Waals surface area contributed by atoms with E-state index in [0.29, 0.717) is 11.7 Å². The van der Waals surface area contributed by atoms with Crippen molar-refractivity contribution in [1.29, 1.82) is 0 Å². The Kier molecular flexibility index (Phi) is 4.81. The van der Waals surface area contributed by atoms with Crippen molar-refractivity contribution in [3.8, 4) is 0 Å². The van der Waals surface area contributed by atoms with Crippen LogP contribution in [-0.2, 0) is 4.79 Å². The molecule has 1 saturated carbocycles. The van der Waals surface area contributed by atoms with Gasteiger partial charge < -0.3 is 0 Å². The molecule has 0 heterocycles. The Morgan fingerprint density at radius 3 is 2.92 bits per heavy atom. The number of hydrogen-bond donors (Lipinski definition) is 0. The quantitative estimate of drug-likeness (QED) is 0.467. The number of ketones is 1. The zero-order chi connectivity index (χ0) is 9.52. The van der Waals surface area contributed by atoms with Gasteiger partial charge in [0.15, 0.2) is 0 Å². The number of Topliss-reactive ketones (excluding diaryl/α,β-unsaturated/α-hetero) is 1. The second-order valence-electron chi connectivity index (χ2n) is 3.90. The minimum absolute atomic E-state index is 0.359. The first kappa shape index (κ1) is 10.5. The monoisotopic (exact) mass is 180 g/mol. The van der Waals surface area contributed by atoms with Crippen LogP contribution in [0.25, 0.3) is 0 Å². The smallest absolute Gasteiger partial charge is 0.136 e. The Hall–Kier alpha value is -0.590. The van der Waals surface area contributed by atoms with Gasteiger partial charge in [0.05, 0.1) is 0 Å². The van der Waals surface area contributed by atoms with Crippen molar-refractivity contribution < 1.29 is 4.79 Å². The summed E-state index contributed by atoms with van der Waals surface area (Å²) in [6.45, 7) is 2.20. The predicted octanol–water partition coefficient (Wildman–Crippen LogP) is 3.49. The number of rotatable bonds is 5. The van der Waals surface area contributed by atoms with Crippen LogP contribution in [0.5, 0.6) is 0 Å². The third-order valence-corrected chi connectivity index (χ3v) is 2.74. The molecule has 0 aliphatic heterocycles. The second-order valence-corrected chi connectivity index (χ2v) is 3.90. The van der Waals surface area contributed by atoms with Gasteiger partial charge in [-0.1, -0.05) is 31.9 Å². The molecule has 1 aliphatic carbocycles. The Morgan fingerprint density at radius 1 is 1.46 bits per heavy atom. The lowest BCUT2D eigenvalue weighted by atomic mass is 10.0. The van der Waals surface area contributed by atoms with E-state index >= 15 is 0 Å². The summed E-state index contributed by atoms with van der Waals surface area (Å²) >= 11 is 0. The van der Waals surface area contributed by atoms with Gasteiger partial charge in [-0.2, -0.15) is 0 Å². The highest BCUT2D eigenvalue weighted by molar-refractivity contribution is 5.82. The van der Waals surface area contributed by atoms with E-state index in [9.17, 15) is 4.79 Å². The molecule has 0 saturated heterocycles. The van der Waals surface area contributed by atoms with E-state index in [2.05, 4.69) is 19.1 Å². The molecular formula is C12H20O. The van der Waals surface area contributed by atoms with Gasteiger partial charge in [-0.05, 0) is 25.7 Å². The molecule has 74 valence electrons. The van der Waals surface area contributed by atoms with Crippen molar-refractivity contribution in [2.45, 2.75) is 51.9 Å². The van der Waals surface area contributed by atoms with Gasteiger partial charge in [-0.3, -0.25) is 4.79 Å². The molecule has 1 heteroatoms. The molecular weight excluding hydrogens is 160 g/mol. The van der Waals surface area contributed by atoms with Gasteiger partial charge in [0, 0.05) is 12.3 Å². The molecule has 0 spiro atoms. The number of carbonyl (C=O) groups is 1. The fourth-order valence-corrected chi connectivity index (χ4v) is 1.84. The highest BCUT2D eigenvalue weighted by Crippen LogP contribution is 2.24. The second kappa shape index (κ2) is 5.95. The van der Waals surface area contributed by atoms with E-state index in [1.165, 1.54) is 19.3 Å². The van der Waals surface area contributed by atoms with Gasteiger partial charge in [-0.15, -0.1) is 0 Å². The van der Waals surface area contributed by atoms with Crippen molar-refractivity contribution in [1.82, 2.24) is 0 Å². The van der Waals surface area contributed by atoms with Crippen molar-refractivity contribution >= 4 is 5.78 Å². The SMILES string of the molecule is CCCCC=CCC1CCCC1=O. The normalized spacial score (nSPS) is 23.2. The topological polar surface area (TPSA) is 17.1 Å². The standard InChI is InChI=1S/C12H20O/c1-2-3-4-5-6-8-11-9-7-10-12(11)13/h5-6,11H,2-4,7-10H2,1H3. The van der Waals surface area contributed by atoms with Gasteiger partial charge >= 0.3 is 0 Å². The third-order valence-electron chi connectivity index (χ3n) is 2.74. The highest BCUT2D eigenvalue weighted by Gasteiger charge is 2.22. The number of unbranched alkanes of at least 4 members (excludes halogenated alkanes) is 2. The summed E-state index contributed by atoms with van der Waals surface area (Å²) in [6, 6.07) is 0. The number of carbonyl (C=O) groups excluding carboxylic acids is 1. The summed E-state index contributed by atoms with van der Waals surface area (Å²) in [6.07, 6.45) is 12.2. The van der Waals surface area contributed by atoms with Crippen LogP contribution in [0.4, 0.5) is 0 Å². The van der Waals surface area contributed by atoms with Crippen LogP contribution in [0, 0.1) is 5.92 Å². The molecule has 0 aromatic heterocycles. The molecule has 0 radical (unpaired) electrons. The molecule has 0 aromatic rings. The molecule has 0 amide bonds. The molecule has 1 unspecified atom stereocenters. The van der Waals surface area contributed by atoms with E-state index in [1.54, 1.807) is 0 Å². The fraction of sp³-hybridized carbons (Fsp3) is 0.750. The van der Waals surface area contributed by atoms with Gasteiger partial charge in [-0.25, -0.2) is 0 Å². The zero-order valence-electron chi connectivity index (χ0n) is 8.59. The zero-order valence-corrected chi connectivity index (χ0v) is 8.59. The van der Waals surface area contributed by atoms with Crippen LogP contribution in [0.1, 0.15) is 51.9 Å². The first-order valence-corrected chi connectivity index (χ1v) is 5.52. The Bertz CT molecular complexity index is 182. The minimum Gasteiger partial charge on any atom is -0.299 e. The average Bonchev–Trinajstić information content (AvgIpc) is 2.52. The summed E-state index contributed by atoms with van der Waals surface area (Å²) in [7, 11) is 0. The Labute approximate surface area is 81.2 Å². The minimum atomic E-state index is 0.359. The van der Waals surface area contributed by atoms with E-state index in [4.69, 9.17) is 0 Å². The van der Waals surface area contributed by atoms with Crippen LogP contribution in [-0.4, -0.2) is 5.78 Å². The Morgan fingerprint density at radius 2 is 2.31 bits per heavy atom. The largest absolute Gasteiger partial charge is 0.299 e. The van der Waals surface area contributed by atoms with Crippen molar-refractivity contribution in [3.05, 3.63) is 12.2 Å². The average molecular weight is 180 g/mol. The summed E-state index contributed by atoms with van der Waals surface area (Å²) in [4.78, 5) is 11.3. The third kappa shape index (κ3) is 3.75. The van der Waals surface area contributed by atoms with E-state index < -0.39 is 0 Å². The van der Waals surface area contributed by atoms with Gasteiger partial charge in [0.25, 0.3) is 0 Å². The predicted molar refractivity (Wildman–Crippen MR) is 55.6 cm³/mol. The molecule has 13 heavy (non-hydrogen) atoms. The van der Waals surface area contributed by atoms with Crippen LogP contribution in [0.2, 0.25) is 0 Å². The highest BCUT2D eigenvalue weighted by atomic mass is 16.1. The molecule has 0 aromatic carbocycles. The molecule has 0 N–H and O–H groups in total. The van der Waals surface area contributed by atoms with Crippen LogP contribution >= 0.6 is 0 Å². The first-order valence-electron chi connectivity index (χ1n) is 5.52. The van der Waals surface area contributed by atoms with Crippen LogP contribution in [0.3, 0.4) is 0 Å². The molecule has 1 fully saturated rings. The molecule has 1 nitrogen and oxygen atoms in total. The molecule has 1 aliphatic rings. The summed E-state index contributed by atoms with van der Waals surface area (Å²) < 4.78 is 0. The van der Waals surface area contributed by atoms with Gasteiger partial charge in [0.2, 0.25) is 0 Å².